The van der Waals surface area contributed by atoms with Gasteiger partial charge in [-0.05, 0) is 36.5 Å². The number of halogens is 2. The molecule has 1 aliphatic rings. The molecule has 0 aliphatic carbocycles. The summed E-state index contributed by atoms with van der Waals surface area (Å²) in [5, 5.41) is 9.79. The molecule has 0 unspecified atom stereocenters. The van der Waals surface area contributed by atoms with Gasteiger partial charge in [0.25, 0.3) is 0 Å². The number of nitrogens with zero attached hydrogens (tertiary/aromatic N) is 3. The Bertz CT molecular complexity index is 981. The van der Waals surface area contributed by atoms with Crippen LogP contribution in [0, 0.1) is 17.0 Å². The maximum absolute atomic E-state index is 13.8. The van der Waals surface area contributed by atoms with Gasteiger partial charge in [0.05, 0.1) is 11.4 Å². The number of carbonyl (C=O) groups excluding carboxylic acids is 2. The lowest BCUT2D eigenvalue weighted by Crippen LogP contribution is -2.54. The molecule has 1 atom stereocenters. The van der Waals surface area contributed by atoms with Crippen LogP contribution in [0.1, 0.15) is 32.9 Å². The molecule has 9 heteroatoms. The average molecular weight is 419 g/mol. The Labute approximate surface area is 174 Å². The van der Waals surface area contributed by atoms with Gasteiger partial charge in [-0.2, -0.15) is 9.78 Å². The standard InChI is InChI=1S/C21H27F2N5O2/c1-21(2,3)18(19(29)24-4)25-20(30)28-15-7-6-10-27(5)17(15)16(26-28)12-8-9-13(22)14(23)11-12/h8-9,11,18H,6-7,10H2,1-5H3,(H,24,29)(H,25,30)/t18-/m1/s1. The zero-order chi connectivity index (χ0) is 22.2. The van der Waals surface area contributed by atoms with E-state index in [0.717, 1.165) is 25.1 Å². The number of hydrogen-bond acceptors (Lipinski definition) is 4. The van der Waals surface area contributed by atoms with Gasteiger partial charge in [-0.1, -0.05) is 20.8 Å². The molecule has 0 saturated carbocycles. The monoisotopic (exact) mass is 419 g/mol. The summed E-state index contributed by atoms with van der Waals surface area (Å²) in [6, 6.07) is 2.24. The van der Waals surface area contributed by atoms with Crippen molar-refractivity contribution >= 4 is 17.6 Å². The van der Waals surface area contributed by atoms with Crippen molar-refractivity contribution in [2.75, 3.05) is 25.5 Å². The van der Waals surface area contributed by atoms with Crippen molar-refractivity contribution in [3.05, 3.63) is 35.5 Å². The molecule has 3 rings (SSSR count). The highest BCUT2D eigenvalue weighted by molar-refractivity contribution is 5.90. The van der Waals surface area contributed by atoms with E-state index in [1.54, 1.807) is 0 Å². The molecular formula is C21H27F2N5O2. The second kappa shape index (κ2) is 8.04. The van der Waals surface area contributed by atoms with Gasteiger partial charge in [-0.25, -0.2) is 13.6 Å². The number of aromatic nitrogens is 2. The first-order valence-electron chi connectivity index (χ1n) is 9.85. The SMILES string of the molecule is CNC(=O)[C@@H](NC(=O)n1nc(-c2ccc(F)c(F)c2)c2c1CCCN2C)C(C)(C)C. The van der Waals surface area contributed by atoms with Crippen LogP contribution in [0.15, 0.2) is 18.2 Å². The molecule has 2 aromatic rings. The minimum Gasteiger partial charge on any atom is -0.371 e. The van der Waals surface area contributed by atoms with E-state index in [4.69, 9.17) is 0 Å². The fourth-order valence-corrected chi connectivity index (χ4v) is 3.68. The van der Waals surface area contributed by atoms with E-state index in [9.17, 15) is 18.4 Å². The molecule has 0 saturated heterocycles. The van der Waals surface area contributed by atoms with Crippen molar-refractivity contribution in [3.8, 4) is 11.3 Å². The van der Waals surface area contributed by atoms with Crippen LogP contribution in [0.25, 0.3) is 11.3 Å². The molecule has 0 spiro atoms. The van der Waals surface area contributed by atoms with Gasteiger partial charge in [-0.3, -0.25) is 4.79 Å². The number of hydrogen-bond donors (Lipinski definition) is 2. The molecule has 2 amide bonds. The summed E-state index contributed by atoms with van der Waals surface area (Å²) >= 11 is 0. The van der Waals surface area contributed by atoms with E-state index in [-0.39, 0.29) is 5.91 Å². The number of amides is 2. The summed E-state index contributed by atoms with van der Waals surface area (Å²) in [5.41, 5.74) is 1.63. The Morgan fingerprint density at radius 2 is 1.90 bits per heavy atom. The normalized spacial score (nSPS) is 14.8. The maximum Gasteiger partial charge on any atom is 0.343 e. The lowest BCUT2D eigenvalue weighted by atomic mass is 9.86. The molecule has 1 aromatic heterocycles. The number of fused-ring (bicyclic) bond motifs is 1. The quantitative estimate of drug-likeness (QED) is 0.802. The highest BCUT2D eigenvalue weighted by atomic mass is 19.2. The second-order valence-electron chi connectivity index (χ2n) is 8.57. The molecule has 1 aromatic carbocycles. The molecule has 0 bridgehead atoms. The van der Waals surface area contributed by atoms with Gasteiger partial charge in [0, 0.05) is 26.2 Å². The van der Waals surface area contributed by atoms with Gasteiger partial charge in [-0.15, -0.1) is 0 Å². The van der Waals surface area contributed by atoms with Crippen molar-refractivity contribution in [1.82, 2.24) is 20.4 Å². The highest BCUT2D eigenvalue weighted by Crippen LogP contribution is 2.37. The number of likely N-dealkylation sites (N-methyl/N-ethyl adjacent to an activating group) is 1. The van der Waals surface area contributed by atoms with Crippen molar-refractivity contribution in [3.63, 3.8) is 0 Å². The Hall–Kier alpha value is -2.97. The van der Waals surface area contributed by atoms with Crippen molar-refractivity contribution in [1.29, 1.82) is 0 Å². The molecule has 0 radical (unpaired) electrons. The van der Waals surface area contributed by atoms with Gasteiger partial charge < -0.3 is 15.5 Å². The first-order chi connectivity index (χ1) is 14.0. The number of carbonyl (C=O) groups is 2. The van der Waals surface area contributed by atoms with E-state index in [1.807, 2.05) is 32.7 Å². The molecule has 7 nitrogen and oxygen atoms in total. The summed E-state index contributed by atoms with van der Waals surface area (Å²) < 4.78 is 28.5. The molecule has 1 aliphatic heterocycles. The zero-order valence-corrected chi connectivity index (χ0v) is 17.8. The Morgan fingerprint density at radius 1 is 1.20 bits per heavy atom. The minimum absolute atomic E-state index is 0.310. The van der Waals surface area contributed by atoms with Gasteiger partial charge in [0.15, 0.2) is 11.6 Å². The summed E-state index contributed by atoms with van der Waals surface area (Å²) in [5.74, 6) is -2.24. The van der Waals surface area contributed by atoms with Gasteiger partial charge in [0.1, 0.15) is 11.7 Å². The lowest BCUT2D eigenvalue weighted by molar-refractivity contribution is -0.124. The van der Waals surface area contributed by atoms with E-state index in [1.165, 1.54) is 17.8 Å². The molecule has 2 heterocycles. The summed E-state index contributed by atoms with van der Waals surface area (Å²) in [4.78, 5) is 27.4. The fourth-order valence-electron chi connectivity index (χ4n) is 3.68. The number of benzene rings is 1. The van der Waals surface area contributed by atoms with Crippen LogP contribution >= 0.6 is 0 Å². The van der Waals surface area contributed by atoms with Crippen molar-refractivity contribution in [2.24, 2.45) is 5.41 Å². The first kappa shape index (κ1) is 21.7. The second-order valence-corrected chi connectivity index (χ2v) is 8.57. The summed E-state index contributed by atoms with van der Waals surface area (Å²) in [6.07, 6.45) is 1.42. The first-order valence-corrected chi connectivity index (χ1v) is 9.85. The van der Waals surface area contributed by atoms with Crippen LogP contribution < -0.4 is 15.5 Å². The predicted octanol–water partition coefficient (Wildman–Crippen LogP) is 2.93. The fraction of sp³-hybridized carbons (Fsp3) is 0.476. The largest absolute Gasteiger partial charge is 0.371 e. The van der Waals surface area contributed by atoms with E-state index >= 15 is 0 Å². The highest BCUT2D eigenvalue weighted by Gasteiger charge is 2.34. The van der Waals surface area contributed by atoms with Crippen LogP contribution in [0.3, 0.4) is 0 Å². The molecule has 0 fully saturated rings. The van der Waals surface area contributed by atoms with Gasteiger partial charge >= 0.3 is 6.03 Å². The smallest absolute Gasteiger partial charge is 0.343 e. The molecular weight excluding hydrogens is 392 g/mol. The Kier molecular flexibility index (Phi) is 5.83. The number of rotatable bonds is 3. The lowest BCUT2D eigenvalue weighted by Gasteiger charge is -2.30. The Morgan fingerprint density at radius 3 is 2.50 bits per heavy atom. The number of anilines is 1. The summed E-state index contributed by atoms with van der Waals surface area (Å²) in [7, 11) is 3.38. The van der Waals surface area contributed by atoms with E-state index in [0.29, 0.717) is 29.1 Å². The van der Waals surface area contributed by atoms with Crippen molar-refractivity contribution in [2.45, 2.75) is 39.7 Å². The van der Waals surface area contributed by atoms with Crippen molar-refractivity contribution < 1.29 is 18.4 Å². The molecule has 162 valence electrons. The topological polar surface area (TPSA) is 79.3 Å². The summed E-state index contributed by atoms with van der Waals surface area (Å²) in [6.45, 7) is 6.31. The predicted molar refractivity (Wildman–Crippen MR) is 110 cm³/mol. The van der Waals surface area contributed by atoms with Crippen LogP contribution in [-0.2, 0) is 11.2 Å². The maximum atomic E-state index is 13.8. The van der Waals surface area contributed by atoms with E-state index < -0.39 is 29.1 Å². The minimum atomic E-state index is -0.980. The molecule has 30 heavy (non-hydrogen) atoms. The third-order valence-electron chi connectivity index (χ3n) is 5.27. The van der Waals surface area contributed by atoms with Crippen LogP contribution in [0.2, 0.25) is 0 Å². The third-order valence-corrected chi connectivity index (χ3v) is 5.27. The third kappa shape index (κ3) is 4.01. The Balaban J connectivity index is 2.06. The van der Waals surface area contributed by atoms with Crippen LogP contribution in [0.4, 0.5) is 19.3 Å². The molecule has 2 N–H and O–H groups in total. The zero-order valence-electron chi connectivity index (χ0n) is 17.8. The van der Waals surface area contributed by atoms with Crippen LogP contribution in [0.5, 0.6) is 0 Å². The van der Waals surface area contributed by atoms with Crippen LogP contribution in [-0.4, -0.2) is 48.4 Å². The van der Waals surface area contributed by atoms with Gasteiger partial charge in [0.2, 0.25) is 5.91 Å². The van der Waals surface area contributed by atoms with E-state index in [2.05, 4.69) is 15.7 Å². The number of nitrogens with one attached hydrogen (secondary N) is 2. The average Bonchev–Trinajstić information content (AvgIpc) is 3.07.